The molecule has 5 nitrogen and oxygen atoms in total. The van der Waals surface area contributed by atoms with Gasteiger partial charge in [-0.25, -0.2) is 0 Å². The zero-order valence-electron chi connectivity index (χ0n) is 11.2. The molecule has 1 aromatic heterocycles. The molecular weight excluding hydrogens is 345 g/mol. The van der Waals surface area contributed by atoms with E-state index in [2.05, 4.69) is 4.18 Å². The molecule has 22 heavy (non-hydrogen) atoms. The highest BCUT2D eigenvalue weighted by atomic mass is 32.2. The molecule has 1 aromatic carbocycles. The van der Waals surface area contributed by atoms with Crippen molar-refractivity contribution in [3.63, 3.8) is 0 Å². The Kier molecular flexibility index (Phi) is 4.18. The summed E-state index contributed by atoms with van der Waals surface area (Å²) >= 11 is 1.28. The minimum absolute atomic E-state index is 0.0233. The van der Waals surface area contributed by atoms with E-state index in [1.54, 1.807) is 12.3 Å². The van der Waals surface area contributed by atoms with Crippen molar-refractivity contribution in [1.82, 2.24) is 0 Å². The normalized spacial score (nSPS) is 12.6. The predicted molar refractivity (Wildman–Crippen MR) is 73.6 cm³/mol. The van der Waals surface area contributed by atoms with Crippen LogP contribution in [0.2, 0.25) is 0 Å². The summed E-state index contributed by atoms with van der Waals surface area (Å²) in [6.07, 6.45) is 1.72. The summed E-state index contributed by atoms with van der Waals surface area (Å²) in [5, 5.41) is -0.0233. The second-order valence-corrected chi connectivity index (χ2v) is 6.58. The number of halogens is 3. The number of thioether (sulfide) groups is 1. The molecule has 0 aliphatic carbocycles. The molecular formula is C12H9F3O5S2. The zero-order valence-corrected chi connectivity index (χ0v) is 12.9. The van der Waals surface area contributed by atoms with Crippen molar-refractivity contribution in [1.29, 1.82) is 0 Å². The average molecular weight is 354 g/mol. The number of Topliss-reactive ketones (excluding diaryl/α,β-unsaturated/α-hetero) is 1. The van der Waals surface area contributed by atoms with Crippen molar-refractivity contribution in [2.24, 2.45) is 0 Å². The van der Waals surface area contributed by atoms with Gasteiger partial charge in [-0.1, -0.05) is 0 Å². The third kappa shape index (κ3) is 2.93. The lowest BCUT2D eigenvalue weighted by Gasteiger charge is -2.09. The minimum Gasteiger partial charge on any atom is -0.449 e. The summed E-state index contributed by atoms with van der Waals surface area (Å²) in [7, 11) is -5.91. The van der Waals surface area contributed by atoms with E-state index in [4.69, 9.17) is 4.42 Å². The molecule has 120 valence electrons. The van der Waals surface area contributed by atoms with Crippen LogP contribution in [-0.2, 0) is 10.1 Å². The van der Waals surface area contributed by atoms with E-state index in [1.807, 2.05) is 0 Å². The summed E-state index contributed by atoms with van der Waals surface area (Å²) < 4.78 is 69.0. The summed E-state index contributed by atoms with van der Waals surface area (Å²) in [6, 6.07) is 4.42. The van der Waals surface area contributed by atoms with E-state index in [0.29, 0.717) is 4.90 Å². The van der Waals surface area contributed by atoms with Crippen LogP contribution in [0.4, 0.5) is 13.2 Å². The van der Waals surface area contributed by atoms with Crippen LogP contribution in [0.25, 0.3) is 11.0 Å². The Hall–Kier alpha value is -1.68. The maximum absolute atomic E-state index is 12.5. The predicted octanol–water partition coefficient (Wildman–Crippen LogP) is 3.59. The molecule has 0 spiro atoms. The van der Waals surface area contributed by atoms with Crippen molar-refractivity contribution in [2.45, 2.75) is 17.3 Å². The monoisotopic (exact) mass is 354 g/mol. The van der Waals surface area contributed by atoms with E-state index in [0.717, 1.165) is 6.92 Å². The molecule has 0 bridgehead atoms. The molecule has 0 N–H and O–H groups in total. The van der Waals surface area contributed by atoms with Crippen LogP contribution in [0, 0.1) is 0 Å². The number of carbonyl (C=O) groups excluding carboxylic acids is 1. The molecule has 0 amide bonds. The fraction of sp³-hybridized carbons (Fsp3) is 0.250. The van der Waals surface area contributed by atoms with Gasteiger partial charge in [0.15, 0.2) is 11.5 Å². The Morgan fingerprint density at radius 3 is 2.45 bits per heavy atom. The number of furan rings is 1. The minimum atomic E-state index is -5.91. The number of fused-ring (bicyclic) bond motifs is 1. The Bertz CT molecular complexity index is 836. The zero-order chi connectivity index (χ0) is 16.7. The van der Waals surface area contributed by atoms with Gasteiger partial charge in [-0.15, -0.1) is 11.8 Å². The van der Waals surface area contributed by atoms with Gasteiger partial charge in [0.1, 0.15) is 5.58 Å². The van der Waals surface area contributed by atoms with Crippen molar-refractivity contribution in [2.75, 3.05) is 6.26 Å². The first-order chi connectivity index (χ1) is 10.1. The number of ketones is 1. The number of benzene rings is 1. The topological polar surface area (TPSA) is 73.6 Å². The van der Waals surface area contributed by atoms with Crippen molar-refractivity contribution < 1.29 is 35.0 Å². The maximum Gasteiger partial charge on any atom is 0.534 e. The van der Waals surface area contributed by atoms with Gasteiger partial charge in [-0.2, -0.15) is 21.6 Å². The van der Waals surface area contributed by atoms with Gasteiger partial charge in [0, 0.05) is 11.8 Å². The first-order valence-electron chi connectivity index (χ1n) is 5.69. The smallest absolute Gasteiger partial charge is 0.449 e. The Morgan fingerprint density at radius 1 is 1.32 bits per heavy atom. The molecule has 0 saturated carbocycles. The molecule has 2 aromatic rings. The van der Waals surface area contributed by atoms with Crippen LogP contribution in [0.15, 0.2) is 27.5 Å². The van der Waals surface area contributed by atoms with Gasteiger partial charge in [-0.05, 0) is 24.5 Å². The molecule has 0 radical (unpaired) electrons. The Labute approximate surface area is 127 Å². The number of alkyl halides is 3. The number of hydrogen-bond donors (Lipinski definition) is 0. The molecule has 0 unspecified atom stereocenters. The SMILES string of the molecule is CSc1ccc2oc(C(C)=O)c(OS(=O)(=O)C(F)(F)F)c2c1. The largest absolute Gasteiger partial charge is 0.534 e. The van der Waals surface area contributed by atoms with Gasteiger partial charge >= 0.3 is 15.6 Å². The van der Waals surface area contributed by atoms with Crippen LogP contribution in [0.5, 0.6) is 5.75 Å². The molecule has 1 heterocycles. The summed E-state index contributed by atoms with van der Waals surface area (Å²) in [5.41, 5.74) is -5.56. The molecule has 10 heteroatoms. The second kappa shape index (κ2) is 5.51. The number of carbonyl (C=O) groups is 1. The highest BCUT2D eigenvalue weighted by molar-refractivity contribution is 7.98. The van der Waals surface area contributed by atoms with E-state index in [1.165, 1.54) is 23.9 Å². The average Bonchev–Trinajstić information content (AvgIpc) is 2.75. The molecule has 2 rings (SSSR count). The lowest BCUT2D eigenvalue weighted by molar-refractivity contribution is -0.0500. The van der Waals surface area contributed by atoms with E-state index in [9.17, 15) is 26.4 Å². The van der Waals surface area contributed by atoms with Crippen LogP contribution < -0.4 is 4.18 Å². The van der Waals surface area contributed by atoms with Gasteiger partial charge in [0.05, 0.1) is 5.39 Å². The number of rotatable bonds is 4. The van der Waals surface area contributed by atoms with Crippen molar-refractivity contribution in [3.05, 3.63) is 24.0 Å². The van der Waals surface area contributed by atoms with Crippen molar-refractivity contribution >= 4 is 38.6 Å². The third-order valence-electron chi connectivity index (χ3n) is 2.65. The van der Waals surface area contributed by atoms with Gasteiger partial charge < -0.3 is 8.60 Å². The molecule has 0 saturated heterocycles. The molecule has 0 fully saturated rings. The first kappa shape index (κ1) is 16.7. The fourth-order valence-electron chi connectivity index (χ4n) is 1.65. The molecule has 0 aliphatic heterocycles. The van der Waals surface area contributed by atoms with Gasteiger partial charge in [0.2, 0.25) is 5.76 Å². The Balaban J connectivity index is 2.69. The highest BCUT2D eigenvalue weighted by Gasteiger charge is 2.49. The summed E-state index contributed by atoms with van der Waals surface area (Å²) in [6.45, 7) is 1.03. The lowest BCUT2D eigenvalue weighted by atomic mass is 10.2. The lowest BCUT2D eigenvalue weighted by Crippen LogP contribution is -2.28. The number of hydrogen-bond acceptors (Lipinski definition) is 6. The van der Waals surface area contributed by atoms with Crippen molar-refractivity contribution in [3.8, 4) is 5.75 Å². The first-order valence-corrected chi connectivity index (χ1v) is 8.32. The van der Waals surface area contributed by atoms with Gasteiger partial charge in [0.25, 0.3) is 0 Å². The van der Waals surface area contributed by atoms with Gasteiger partial charge in [-0.3, -0.25) is 4.79 Å². The van der Waals surface area contributed by atoms with Crippen LogP contribution in [-0.4, -0.2) is 26.0 Å². The standard InChI is InChI=1S/C12H9F3O5S2/c1-6(16)10-11(20-22(17,18)12(13,14)15)8-5-7(21-2)3-4-9(8)19-10/h3-5H,1-2H3. The third-order valence-corrected chi connectivity index (χ3v) is 4.32. The van der Waals surface area contributed by atoms with E-state index in [-0.39, 0.29) is 11.0 Å². The fourth-order valence-corrected chi connectivity index (χ4v) is 2.57. The quantitative estimate of drug-likeness (QED) is 0.362. The van der Waals surface area contributed by atoms with E-state index >= 15 is 0 Å². The van der Waals surface area contributed by atoms with E-state index < -0.39 is 32.9 Å². The summed E-state index contributed by atoms with van der Waals surface area (Å²) in [4.78, 5) is 12.1. The highest BCUT2D eigenvalue weighted by Crippen LogP contribution is 2.38. The maximum atomic E-state index is 12.5. The molecule has 0 aliphatic rings. The second-order valence-electron chi connectivity index (χ2n) is 4.16. The van der Waals surface area contributed by atoms with Crippen LogP contribution in [0.1, 0.15) is 17.5 Å². The van der Waals surface area contributed by atoms with Crippen LogP contribution in [0.3, 0.4) is 0 Å². The summed E-state index contributed by atoms with van der Waals surface area (Å²) in [5.74, 6) is -2.09. The van der Waals surface area contributed by atoms with Crippen LogP contribution >= 0.6 is 11.8 Å². The Morgan fingerprint density at radius 2 is 1.95 bits per heavy atom. The molecule has 0 atom stereocenters.